The molecular formula is C26H32Cl2N2O2. The largest absolute Gasteiger partial charge is 0.497 e. The summed E-state index contributed by atoms with van der Waals surface area (Å²) in [5.41, 5.74) is 2.55. The number of benzene rings is 3. The van der Waals surface area contributed by atoms with Crippen LogP contribution < -0.4 is 9.47 Å². The quantitative estimate of drug-likeness (QED) is 0.449. The van der Waals surface area contributed by atoms with Crippen molar-refractivity contribution in [1.29, 1.82) is 0 Å². The lowest BCUT2D eigenvalue weighted by atomic mass is 10.0. The predicted molar refractivity (Wildman–Crippen MR) is 139 cm³/mol. The van der Waals surface area contributed by atoms with Crippen LogP contribution in [-0.2, 0) is 6.54 Å². The number of methoxy groups -OCH3 is 2. The van der Waals surface area contributed by atoms with Gasteiger partial charge in [-0.15, -0.1) is 24.8 Å². The van der Waals surface area contributed by atoms with Gasteiger partial charge >= 0.3 is 0 Å². The highest BCUT2D eigenvalue weighted by molar-refractivity contribution is 5.91. The summed E-state index contributed by atoms with van der Waals surface area (Å²) in [4.78, 5) is 5.07. The van der Waals surface area contributed by atoms with E-state index in [9.17, 15) is 0 Å². The lowest BCUT2D eigenvalue weighted by Crippen LogP contribution is -2.45. The summed E-state index contributed by atoms with van der Waals surface area (Å²) in [7, 11) is 3.44. The minimum atomic E-state index is 0. The van der Waals surface area contributed by atoms with Crippen molar-refractivity contribution in [2.75, 3.05) is 46.9 Å². The van der Waals surface area contributed by atoms with E-state index in [0.717, 1.165) is 50.8 Å². The molecule has 1 heterocycles. The van der Waals surface area contributed by atoms with Crippen molar-refractivity contribution < 1.29 is 9.47 Å². The topological polar surface area (TPSA) is 24.9 Å². The van der Waals surface area contributed by atoms with Gasteiger partial charge in [-0.1, -0.05) is 54.6 Å². The summed E-state index contributed by atoms with van der Waals surface area (Å²) in [6.45, 7) is 6.34. The number of piperazine rings is 1. The highest BCUT2D eigenvalue weighted by atomic mass is 35.5. The first-order valence-electron chi connectivity index (χ1n) is 10.6. The van der Waals surface area contributed by atoms with Gasteiger partial charge < -0.3 is 9.47 Å². The Morgan fingerprint density at radius 3 is 2.22 bits per heavy atom. The normalized spacial score (nSPS) is 14.7. The molecule has 32 heavy (non-hydrogen) atoms. The smallest absolute Gasteiger partial charge is 0.126 e. The Kier molecular flexibility index (Phi) is 10.3. The summed E-state index contributed by atoms with van der Waals surface area (Å²) in [5, 5.41) is 2.49. The van der Waals surface area contributed by atoms with E-state index < -0.39 is 0 Å². The van der Waals surface area contributed by atoms with E-state index in [1.54, 1.807) is 14.2 Å². The molecule has 0 spiro atoms. The first-order valence-corrected chi connectivity index (χ1v) is 10.6. The Morgan fingerprint density at radius 1 is 0.781 bits per heavy atom. The Balaban J connectivity index is 0.00000181. The van der Waals surface area contributed by atoms with Crippen LogP contribution >= 0.6 is 24.8 Å². The average molecular weight is 475 g/mol. The molecular weight excluding hydrogens is 443 g/mol. The molecule has 1 aliphatic heterocycles. The van der Waals surface area contributed by atoms with Crippen LogP contribution in [0.25, 0.3) is 16.8 Å². The average Bonchev–Trinajstić information content (AvgIpc) is 2.80. The van der Waals surface area contributed by atoms with E-state index in [1.165, 1.54) is 21.9 Å². The first kappa shape index (κ1) is 26.0. The van der Waals surface area contributed by atoms with E-state index in [4.69, 9.17) is 9.47 Å². The molecule has 1 fully saturated rings. The van der Waals surface area contributed by atoms with Gasteiger partial charge in [0, 0.05) is 44.7 Å². The molecule has 172 valence electrons. The summed E-state index contributed by atoms with van der Waals surface area (Å²) in [6, 6.07) is 21.0. The summed E-state index contributed by atoms with van der Waals surface area (Å²) < 4.78 is 10.8. The summed E-state index contributed by atoms with van der Waals surface area (Å²) in [5.74, 6) is 1.85. The molecule has 6 heteroatoms. The van der Waals surface area contributed by atoms with Crippen molar-refractivity contribution in [2.45, 2.75) is 6.54 Å². The van der Waals surface area contributed by atoms with Gasteiger partial charge in [0.15, 0.2) is 0 Å². The Bertz CT molecular complexity index is 1020. The van der Waals surface area contributed by atoms with Gasteiger partial charge in [0.25, 0.3) is 0 Å². The minimum absolute atomic E-state index is 0. The molecule has 4 rings (SSSR count). The maximum atomic E-state index is 5.54. The maximum absolute atomic E-state index is 5.54. The third-order valence-electron chi connectivity index (χ3n) is 5.82. The number of halogens is 2. The van der Waals surface area contributed by atoms with E-state index in [0.29, 0.717) is 0 Å². The monoisotopic (exact) mass is 474 g/mol. The van der Waals surface area contributed by atoms with Gasteiger partial charge in [-0.05, 0) is 34.7 Å². The van der Waals surface area contributed by atoms with Gasteiger partial charge in [-0.2, -0.15) is 0 Å². The molecule has 0 atom stereocenters. The molecule has 0 bridgehead atoms. The van der Waals surface area contributed by atoms with Gasteiger partial charge in [0.1, 0.15) is 11.5 Å². The fourth-order valence-electron chi connectivity index (χ4n) is 4.10. The van der Waals surface area contributed by atoms with Crippen LogP contribution in [0, 0.1) is 0 Å². The Labute approximate surface area is 203 Å². The highest BCUT2D eigenvalue weighted by Gasteiger charge is 2.17. The summed E-state index contributed by atoms with van der Waals surface area (Å²) in [6.07, 6.45) is 4.43. The third-order valence-corrected chi connectivity index (χ3v) is 5.82. The molecule has 0 saturated carbocycles. The molecule has 0 aliphatic carbocycles. The fourth-order valence-corrected chi connectivity index (χ4v) is 4.10. The third kappa shape index (κ3) is 6.39. The van der Waals surface area contributed by atoms with Gasteiger partial charge in [0.2, 0.25) is 0 Å². The molecule has 3 aromatic carbocycles. The molecule has 4 nitrogen and oxygen atoms in total. The second-order valence-corrected chi connectivity index (χ2v) is 7.73. The number of fused-ring (bicyclic) bond motifs is 1. The zero-order valence-corrected chi connectivity index (χ0v) is 20.3. The van der Waals surface area contributed by atoms with Gasteiger partial charge in [0.05, 0.1) is 14.2 Å². The second kappa shape index (κ2) is 12.7. The van der Waals surface area contributed by atoms with Crippen LogP contribution in [0.3, 0.4) is 0 Å². The van der Waals surface area contributed by atoms with Crippen molar-refractivity contribution >= 4 is 41.7 Å². The zero-order valence-electron chi connectivity index (χ0n) is 18.7. The van der Waals surface area contributed by atoms with Crippen LogP contribution in [0.5, 0.6) is 11.5 Å². The Morgan fingerprint density at radius 2 is 1.50 bits per heavy atom. The summed E-state index contributed by atoms with van der Waals surface area (Å²) >= 11 is 0. The van der Waals surface area contributed by atoms with Crippen molar-refractivity contribution in [3.63, 3.8) is 0 Å². The lowest BCUT2D eigenvalue weighted by molar-refractivity contribution is 0.137. The first-order chi connectivity index (χ1) is 14.8. The van der Waals surface area contributed by atoms with Gasteiger partial charge in [-0.25, -0.2) is 0 Å². The van der Waals surface area contributed by atoms with E-state index in [2.05, 4.69) is 70.5 Å². The molecule has 0 N–H and O–H groups in total. The van der Waals surface area contributed by atoms with Crippen LogP contribution in [0.15, 0.2) is 66.7 Å². The SMILES string of the molecule is COc1cccc(/C=C/CN2CCN(Cc3ccc(OC)c4ccccc34)CC2)c1.Cl.Cl. The molecule has 1 aliphatic rings. The van der Waals surface area contributed by atoms with Crippen molar-refractivity contribution in [3.8, 4) is 11.5 Å². The van der Waals surface area contributed by atoms with Crippen molar-refractivity contribution in [3.05, 3.63) is 77.9 Å². The minimum Gasteiger partial charge on any atom is -0.497 e. The van der Waals surface area contributed by atoms with E-state index >= 15 is 0 Å². The van der Waals surface area contributed by atoms with Crippen LogP contribution in [0.4, 0.5) is 0 Å². The fraction of sp³-hybridized carbons (Fsp3) is 0.308. The highest BCUT2D eigenvalue weighted by Crippen LogP contribution is 2.29. The van der Waals surface area contributed by atoms with Crippen LogP contribution in [0.1, 0.15) is 11.1 Å². The maximum Gasteiger partial charge on any atom is 0.126 e. The molecule has 3 aromatic rings. The van der Waals surface area contributed by atoms with E-state index in [-0.39, 0.29) is 24.8 Å². The van der Waals surface area contributed by atoms with Gasteiger partial charge in [-0.3, -0.25) is 9.80 Å². The number of rotatable bonds is 7. The van der Waals surface area contributed by atoms with Crippen molar-refractivity contribution in [1.82, 2.24) is 9.80 Å². The predicted octanol–water partition coefficient (Wildman–Crippen LogP) is 5.53. The molecule has 0 amide bonds. The van der Waals surface area contributed by atoms with Crippen LogP contribution in [0.2, 0.25) is 0 Å². The number of hydrogen-bond acceptors (Lipinski definition) is 4. The number of ether oxygens (including phenoxy) is 2. The molecule has 0 radical (unpaired) electrons. The van der Waals surface area contributed by atoms with Crippen LogP contribution in [-0.4, -0.2) is 56.7 Å². The lowest BCUT2D eigenvalue weighted by Gasteiger charge is -2.34. The zero-order chi connectivity index (χ0) is 20.8. The molecule has 0 unspecified atom stereocenters. The number of hydrogen-bond donors (Lipinski definition) is 0. The molecule has 1 saturated heterocycles. The molecule has 0 aromatic heterocycles. The van der Waals surface area contributed by atoms with E-state index in [1.807, 2.05) is 12.1 Å². The Hall–Kier alpha value is -2.24. The standard InChI is InChI=1S/C26H30N2O2.2ClH/c1-29-23-9-5-7-21(19-23)8-6-14-27-15-17-28(18-16-27)20-22-12-13-26(30-2)25-11-4-3-10-24(22)25;;/h3-13,19H,14-18,20H2,1-2H3;2*1H/b8-6+;;. The number of nitrogens with zero attached hydrogens (tertiary/aromatic N) is 2. The van der Waals surface area contributed by atoms with Crippen molar-refractivity contribution in [2.24, 2.45) is 0 Å². The second-order valence-electron chi connectivity index (χ2n) is 7.73.